The van der Waals surface area contributed by atoms with Crippen molar-refractivity contribution in [3.05, 3.63) is 41.0 Å². The molecule has 0 heterocycles. The third kappa shape index (κ3) is 7.73. The Hall–Kier alpha value is -1.09. The predicted octanol–water partition coefficient (Wildman–Crippen LogP) is 7.39. The van der Waals surface area contributed by atoms with Crippen molar-refractivity contribution < 1.29 is 0 Å². The predicted molar refractivity (Wildman–Crippen MR) is 135 cm³/mol. The van der Waals surface area contributed by atoms with Crippen LogP contribution in [-0.4, -0.2) is 13.9 Å². The second kappa shape index (κ2) is 8.73. The Kier molecular flexibility index (Phi) is 7.78. The Labute approximate surface area is 178 Å². The van der Waals surface area contributed by atoms with Crippen LogP contribution < -0.4 is 5.30 Å². The SMILES string of the molecule is CC(C)(C)c1cc(C(C)(C)C)c(P=C/C=C/C#C[Si](C)(C)C)c(C(C)(C)C)c1. The summed E-state index contributed by atoms with van der Waals surface area (Å²) in [7, 11) is -0.0542. The van der Waals surface area contributed by atoms with Crippen LogP contribution in [0.15, 0.2) is 24.3 Å². The van der Waals surface area contributed by atoms with E-state index >= 15 is 0 Å². The third-order valence-corrected chi connectivity index (χ3v) is 6.46. The van der Waals surface area contributed by atoms with Gasteiger partial charge in [-0.05, 0) is 50.9 Å². The molecule has 2 heteroatoms. The summed E-state index contributed by atoms with van der Waals surface area (Å²) >= 11 is 0. The highest BCUT2D eigenvalue weighted by Gasteiger charge is 2.28. The van der Waals surface area contributed by atoms with Gasteiger partial charge in [0.1, 0.15) is 8.07 Å². The molecule has 0 aliphatic carbocycles. The van der Waals surface area contributed by atoms with Gasteiger partial charge in [0.25, 0.3) is 0 Å². The molecule has 0 bridgehead atoms. The van der Waals surface area contributed by atoms with E-state index in [-0.39, 0.29) is 16.2 Å². The summed E-state index contributed by atoms with van der Waals surface area (Å²) in [4.78, 5) is 0. The van der Waals surface area contributed by atoms with E-state index in [9.17, 15) is 0 Å². The molecule has 0 amide bonds. The van der Waals surface area contributed by atoms with E-state index in [2.05, 4.69) is 117 Å². The lowest BCUT2D eigenvalue weighted by Gasteiger charge is -2.32. The largest absolute Gasteiger partial charge is 0.129 e. The number of hydrogen-bond donors (Lipinski definition) is 0. The van der Waals surface area contributed by atoms with Crippen LogP contribution in [0.1, 0.15) is 79.0 Å². The lowest BCUT2D eigenvalue weighted by Crippen LogP contribution is -2.29. The van der Waals surface area contributed by atoms with Gasteiger partial charge in [0.2, 0.25) is 0 Å². The monoisotopic (exact) mass is 412 g/mol. The van der Waals surface area contributed by atoms with Crippen LogP contribution in [0.5, 0.6) is 0 Å². The molecule has 0 spiro atoms. The molecule has 0 aromatic heterocycles. The molecule has 1 aromatic rings. The summed E-state index contributed by atoms with van der Waals surface area (Å²) < 4.78 is 0. The highest BCUT2D eigenvalue weighted by atomic mass is 31.1. The summed E-state index contributed by atoms with van der Waals surface area (Å²) in [5.41, 5.74) is 8.11. The van der Waals surface area contributed by atoms with E-state index in [4.69, 9.17) is 0 Å². The average molecular weight is 413 g/mol. The van der Waals surface area contributed by atoms with E-state index in [1.165, 1.54) is 30.2 Å². The number of benzene rings is 1. The molecule has 0 saturated heterocycles. The normalized spacial score (nSPS) is 13.9. The van der Waals surface area contributed by atoms with Crippen LogP contribution in [0, 0.1) is 11.5 Å². The Morgan fingerprint density at radius 3 is 1.61 bits per heavy atom. The van der Waals surface area contributed by atoms with Crippen molar-refractivity contribution >= 4 is 27.4 Å². The molecule has 0 N–H and O–H groups in total. The summed E-state index contributed by atoms with van der Waals surface area (Å²) in [6, 6.07) is 4.89. The number of rotatable bonds is 2. The zero-order chi connectivity index (χ0) is 22.0. The summed E-state index contributed by atoms with van der Waals surface area (Å²) in [5.74, 6) is 5.47. The van der Waals surface area contributed by atoms with Gasteiger partial charge in [0, 0.05) is 5.30 Å². The van der Waals surface area contributed by atoms with Crippen LogP contribution in [-0.2, 0) is 16.2 Å². The van der Waals surface area contributed by atoms with Crippen molar-refractivity contribution in [1.82, 2.24) is 0 Å². The van der Waals surface area contributed by atoms with Crippen LogP contribution in [0.4, 0.5) is 0 Å². The summed E-state index contributed by atoms with van der Waals surface area (Å²) in [5, 5.41) is 1.45. The van der Waals surface area contributed by atoms with Gasteiger partial charge in [-0.2, -0.15) is 0 Å². The van der Waals surface area contributed by atoms with Crippen molar-refractivity contribution in [1.29, 1.82) is 0 Å². The number of hydrogen-bond acceptors (Lipinski definition) is 0. The second-order valence-corrected chi connectivity index (χ2v) is 17.6. The highest BCUT2D eigenvalue weighted by molar-refractivity contribution is 7.47. The molecule has 0 unspecified atom stereocenters. The van der Waals surface area contributed by atoms with E-state index in [0.29, 0.717) is 0 Å². The molecule has 1 aromatic carbocycles. The first-order chi connectivity index (χ1) is 12.4. The molecule has 28 heavy (non-hydrogen) atoms. The lowest BCUT2D eigenvalue weighted by atomic mass is 9.75. The van der Waals surface area contributed by atoms with Crippen molar-refractivity contribution in [2.75, 3.05) is 0 Å². The van der Waals surface area contributed by atoms with E-state index in [1.807, 2.05) is 6.08 Å². The van der Waals surface area contributed by atoms with Gasteiger partial charge in [-0.3, -0.25) is 0 Å². The standard InChI is InChI=1S/C26H41PSi/c1-24(2,3)20-18-21(25(4,5)6)23(22(19-20)26(7,8)9)27-16-14-13-15-17-28(10,11)12/h13-14,16,18-19H,1-12H3/b14-13+. The molecule has 154 valence electrons. The van der Waals surface area contributed by atoms with Crippen LogP contribution in [0.3, 0.4) is 0 Å². The van der Waals surface area contributed by atoms with Crippen LogP contribution in [0.2, 0.25) is 19.6 Å². The fourth-order valence-electron chi connectivity index (χ4n) is 2.82. The summed E-state index contributed by atoms with van der Waals surface area (Å²) in [6.45, 7) is 27.7. The first kappa shape index (κ1) is 24.9. The minimum absolute atomic E-state index is 0.110. The maximum Gasteiger partial charge on any atom is 0.129 e. The van der Waals surface area contributed by atoms with Gasteiger partial charge < -0.3 is 0 Å². The van der Waals surface area contributed by atoms with Crippen molar-refractivity contribution in [2.45, 2.75) is 98.2 Å². The molecular formula is C26H41PSi. The molecular weight excluding hydrogens is 371 g/mol. The minimum Gasteiger partial charge on any atom is -0.127 e. The fraction of sp³-hybridized carbons (Fsp3) is 0.577. The summed E-state index contributed by atoms with van der Waals surface area (Å²) in [6.07, 6.45) is 4.12. The molecule has 0 saturated carbocycles. The van der Waals surface area contributed by atoms with Crippen molar-refractivity contribution in [3.8, 4) is 11.5 Å². The quantitative estimate of drug-likeness (QED) is 0.270. The van der Waals surface area contributed by atoms with Gasteiger partial charge in [0.05, 0.1) is 0 Å². The Bertz CT molecular complexity index is 767. The molecule has 0 nitrogen and oxygen atoms in total. The third-order valence-electron chi connectivity index (χ3n) is 4.51. The fourth-order valence-corrected chi connectivity index (χ4v) is 4.73. The Balaban J connectivity index is 3.56. The zero-order valence-corrected chi connectivity index (χ0v) is 22.2. The molecule has 0 atom stereocenters. The van der Waals surface area contributed by atoms with E-state index < -0.39 is 8.07 Å². The first-order valence-corrected chi connectivity index (χ1v) is 14.8. The Morgan fingerprint density at radius 1 is 0.786 bits per heavy atom. The van der Waals surface area contributed by atoms with E-state index in [1.54, 1.807) is 0 Å². The van der Waals surface area contributed by atoms with Crippen LogP contribution in [0.25, 0.3) is 0 Å². The maximum absolute atomic E-state index is 3.39. The van der Waals surface area contributed by atoms with Crippen molar-refractivity contribution in [2.24, 2.45) is 0 Å². The van der Waals surface area contributed by atoms with Gasteiger partial charge in [-0.15, -0.1) is 5.54 Å². The van der Waals surface area contributed by atoms with Crippen LogP contribution >= 0.6 is 8.20 Å². The van der Waals surface area contributed by atoms with Crippen molar-refractivity contribution in [3.63, 3.8) is 0 Å². The molecule has 1 rings (SSSR count). The Morgan fingerprint density at radius 2 is 1.25 bits per heavy atom. The molecule has 0 fully saturated rings. The molecule has 0 aliphatic heterocycles. The highest BCUT2D eigenvalue weighted by Crippen LogP contribution is 2.35. The van der Waals surface area contributed by atoms with E-state index in [0.717, 1.165) is 0 Å². The molecule has 0 radical (unpaired) electrons. The average Bonchev–Trinajstić information content (AvgIpc) is 2.46. The second-order valence-electron chi connectivity index (χ2n) is 11.8. The van der Waals surface area contributed by atoms with Gasteiger partial charge in [-0.25, -0.2) is 0 Å². The molecule has 0 aliphatic rings. The smallest absolute Gasteiger partial charge is 0.127 e. The minimum atomic E-state index is -1.30. The van der Waals surface area contributed by atoms with Gasteiger partial charge >= 0.3 is 0 Å². The lowest BCUT2D eigenvalue weighted by molar-refractivity contribution is 0.554. The topological polar surface area (TPSA) is 0 Å². The maximum atomic E-state index is 3.39. The number of allylic oxidation sites excluding steroid dienone is 2. The van der Waals surface area contributed by atoms with Gasteiger partial charge in [0.15, 0.2) is 0 Å². The zero-order valence-electron chi connectivity index (χ0n) is 20.3. The first-order valence-electron chi connectivity index (χ1n) is 10.3. The van der Waals surface area contributed by atoms with Gasteiger partial charge in [-0.1, -0.05) is 108 Å².